The molecule has 0 radical (unpaired) electrons. The maximum atomic E-state index is 5.80. The van der Waals surface area contributed by atoms with Crippen LogP contribution in [0.25, 0.3) is 5.65 Å². The van der Waals surface area contributed by atoms with E-state index in [2.05, 4.69) is 10.2 Å². The maximum Gasteiger partial charge on any atom is 0.160 e. The fraction of sp³-hybridized carbons (Fsp3) is 0.143. The van der Waals surface area contributed by atoms with Crippen LogP contribution in [0.2, 0.25) is 0 Å². The van der Waals surface area contributed by atoms with E-state index in [1.807, 2.05) is 47.0 Å². The molecule has 0 unspecified atom stereocenters. The van der Waals surface area contributed by atoms with Crippen molar-refractivity contribution in [3.05, 3.63) is 54.0 Å². The standard InChI is InChI=1S/C14H14N4O/c1-19-12-5-3-2-4-10(12)8-14-17-16-13-7-6-11(15)9-18(13)14/h2-7,9H,8,15H2,1H3. The van der Waals surface area contributed by atoms with Gasteiger partial charge in [-0.05, 0) is 18.2 Å². The number of para-hydroxylation sites is 1. The van der Waals surface area contributed by atoms with Crippen LogP contribution < -0.4 is 10.5 Å². The fourth-order valence-electron chi connectivity index (χ4n) is 2.09. The van der Waals surface area contributed by atoms with E-state index >= 15 is 0 Å². The van der Waals surface area contributed by atoms with E-state index in [-0.39, 0.29) is 0 Å². The molecule has 3 rings (SSSR count). The van der Waals surface area contributed by atoms with Crippen LogP contribution in [0.1, 0.15) is 11.4 Å². The summed E-state index contributed by atoms with van der Waals surface area (Å²) in [6, 6.07) is 11.6. The number of ether oxygens (including phenoxy) is 1. The molecule has 0 fully saturated rings. The van der Waals surface area contributed by atoms with E-state index in [9.17, 15) is 0 Å². The zero-order chi connectivity index (χ0) is 13.2. The number of pyridine rings is 1. The number of methoxy groups -OCH3 is 1. The summed E-state index contributed by atoms with van der Waals surface area (Å²) in [5.74, 6) is 1.69. The van der Waals surface area contributed by atoms with Crippen molar-refractivity contribution >= 4 is 11.3 Å². The normalized spacial score (nSPS) is 10.8. The van der Waals surface area contributed by atoms with Gasteiger partial charge in [-0.25, -0.2) is 0 Å². The van der Waals surface area contributed by atoms with Crippen molar-refractivity contribution in [2.24, 2.45) is 0 Å². The van der Waals surface area contributed by atoms with Gasteiger partial charge in [0.1, 0.15) is 11.6 Å². The predicted molar refractivity (Wildman–Crippen MR) is 73.2 cm³/mol. The molecule has 1 aromatic carbocycles. The number of hydrogen-bond donors (Lipinski definition) is 1. The molecular formula is C14H14N4O. The fourth-order valence-corrected chi connectivity index (χ4v) is 2.09. The van der Waals surface area contributed by atoms with Crippen LogP contribution in [0.3, 0.4) is 0 Å². The quantitative estimate of drug-likeness (QED) is 0.775. The van der Waals surface area contributed by atoms with Crippen molar-refractivity contribution < 1.29 is 4.74 Å². The number of nitrogen functional groups attached to an aromatic ring is 1. The van der Waals surface area contributed by atoms with Crippen molar-refractivity contribution in [3.63, 3.8) is 0 Å². The molecule has 3 aromatic rings. The molecule has 19 heavy (non-hydrogen) atoms. The van der Waals surface area contributed by atoms with Crippen molar-refractivity contribution in [1.29, 1.82) is 0 Å². The van der Waals surface area contributed by atoms with Gasteiger partial charge in [-0.2, -0.15) is 0 Å². The SMILES string of the molecule is COc1ccccc1Cc1nnc2ccc(N)cn12. The topological polar surface area (TPSA) is 65.4 Å². The molecular weight excluding hydrogens is 240 g/mol. The average molecular weight is 254 g/mol. The molecule has 0 aliphatic heterocycles. The van der Waals surface area contributed by atoms with Crippen molar-refractivity contribution in [2.75, 3.05) is 12.8 Å². The Bertz CT molecular complexity index is 720. The molecule has 0 atom stereocenters. The number of rotatable bonds is 3. The Labute approximate surface area is 110 Å². The minimum absolute atomic E-state index is 0.647. The lowest BCUT2D eigenvalue weighted by molar-refractivity contribution is 0.410. The van der Waals surface area contributed by atoms with Crippen LogP contribution in [0, 0.1) is 0 Å². The van der Waals surface area contributed by atoms with Crippen LogP contribution in [0.4, 0.5) is 5.69 Å². The van der Waals surface area contributed by atoms with Crippen molar-refractivity contribution in [2.45, 2.75) is 6.42 Å². The number of nitrogens with zero attached hydrogens (tertiary/aromatic N) is 3. The molecule has 0 aliphatic carbocycles. The van der Waals surface area contributed by atoms with Crippen LogP contribution in [0.15, 0.2) is 42.6 Å². The zero-order valence-corrected chi connectivity index (χ0v) is 10.6. The molecule has 2 aromatic heterocycles. The Morgan fingerprint density at radius 3 is 2.84 bits per heavy atom. The Hall–Kier alpha value is -2.56. The highest BCUT2D eigenvalue weighted by molar-refractivity contribution is 5.47. The Kier molecular flexibility index (Phi) is 2.79. The van der Waals surface area contributed by atoms with Gasteiger partial charge in [0.25, 0.3) is 0 Å². The monoisotopic (exact) mass is 254 g/mol. The second-order valence-electron chi connectivity index (χ2n) is 4.30. The highest BCUT2D eigenvalue weighted by Gasteiger charge is 2.09. The number of benzene rings is 1. The Morgan fingerprint density at radius 1 is 1.16 bits per heavy atom. The van der Waals surface area contributed by atoms with E-state index in [0.717, 1.165) is 22.8 Å². The predicted octanol–water partition coefficient (Wildman–Crippen LogP) is 1.91. The molecule has 5 nitrogen and oxygen atoms in total. The van der Waals surface area contributed by atoms with E-state index in [1.165, 1.54) is 0 Å². The summed E-state index contributed by atoms with van der Waals surface area (Å²) in [5.41, 5.74) is 8.35. The highest BCUT2D eigenvalue weighted by Crippen LogP contribution is 2.20. The highest BCUT2D eigenvalue weighted by atomic mass is 16.5. The third-order valence-corrected chi connectivity index (χ3v) is 3.04. The lowest BCUT2D eigenvalue weighted by Crippen LogP contribution is -1.99. The lowest BCUT2D eigenvalue weighted by atomic mass is 10.1. The van der Waals surface area contributed by atoms with Gasteiger partial charge in [0.2, 0.25) is 0 Å². The smallest absolute Gasteiger partial charge is 0.160 e. The molecule has 0 bridgehead atoms. The average Bonchev–Trinajstić information content (AvgIpc) is 2.82. The number of fused-ring (bicyclic) bond motifs is 1. The zero-order valence-electron chi connectivity index (χ0n) is 10.6. The Balaban J connectivity index is 2.03. The van der Waals surface area contributed by atoms with Gasteiger partial charge in [-0.3, -0.25) is 4.40 Å². The van der Waals surface area contributed by atoms with Gasteiger partial charge >= 0.3 is 0 Å². The van der Waals surface area contributed by atoms with Crippen molar-refractivity contribution in [1.82, 2.24) is 14.6 Å². The first kappa shape index (κ1) is 11.5. The van der Waals surface area contributed by atoms with Gasteiger partial charge in [-0.1, -0.05) is 18.2 Å². The molecule has 0 saturated heterocycles. The first-order valence-electron chi connectivity index (χ1n) is 5.99. The molecule has 5 heteroatoms. The largest absolute Gasteiger partial charge is 0.496 e. The van der Waals surface area contributed by atoms with Crippen LogP contribution in [-0.2, 0) is 6.42 Å². The number of hydrogen-bond acceptors (Lipinski definition) is 4. The minimum atomic E-state index is 0.647. The lowest BCUT2D eigenvalue weighted by Gasteiger charge is -2.07. The summed E-state index contributed by atoms with van der Waals surface area (Å²) in [7, 11) is 1.67. The van der Waals surface area contributed by atoms with E-state index < -0.39 is 0 Å². The summed E-state index contributed by atoms with van der Waals surface area (Å²) in [6.07, 6.45) is 2.48. The summed E-state index contributed by atoms with van der Waals surface area (Å²) >= 11 is 0. The van der Waals surface area contributed by atoms with Gasteiger partial charge < -0.3 is 10.5 Å². The van der Waals surface area contributed by atoms with E-state index in [0.29, 0.717) is 12.1 Å². The third kappa shape index (κ3) is 2.10. The molecule has 2 N–H and O–H groups in total. The maximum absolute atomic E-state index is 5.80. The second-order valence-corrected chi connectivity index (χ2v) is 4.30. The number of anilines is 1. The van der Waals surface area contributed by atoms with Gasteiger partial charge in [-0.15, -0.1) is 10.2 Å². The summed E-state index contributed by atoms with van der Waals surface area (Å²) < 4.78 is 7.25. The summed E-state index contributed by atoms with van der Waals surface area (Å²) in [5, 5.41) is 8.34. The van der Waals surface area contributed by atoms with Gasteiger partial charge in [0, 0.05) is 23.9 Å². The van der Waals surface area contributed by atoms with Gasteiger partial charge in [0.15, 0.2) is 5.65 Å². The Morgan fingerprint density at radius 2 is 2.00 bits per heavy atom. The van der Waals surface area contributed by atoms with Crippen LogP contribution >= 0.6 is 0 Å². The van der Waals surface area contributed by atoms with Crippen LogP contribution in [-0.4, -0.2) is 21.7 Å². The van der Waals surface area contributed by atoms with Gasteiger partial charge in [0.05, 0.1) is 7.11 Å². The molecule has 0 amide bonds. The third-order valence-electron chi connectivity index (χ3n) is 3.04. The molecule has 0 saturated carbocycles. The van der Waals surface area contributed by atoms with Crippen LogP contribution in [0.5, 0.6) is 5.75 Å². The molecule has 2 heterocycles. The van der Waals surface area contributed by atoms with E-state index in [1.54, 1.807) is 7.11 Å². The number of nitrogens with two attached hydrogens (primary N) is 1. The second kappa shape index (κ2) is 4.61. The van der Waals surface area contributed by atoms with E-state index in [4.69, 9.17) is 10.5 Å². The minimum Gasteiger partial charge on any atom is -0.496 e. The number of aromatic nitrogens is 3. The first-order valence-corrected chi connectivity index (χ1v) is 5.99. The molecule has 96 valence electrons. The first-order chi connectivity index (χ1) is 9.28. The molecule has 0 aliphatic rings. The molecule has 0 spiro atoms. The summed E-state index contributed by atoms with van der Waals surface area (Å²) in [6.45, 7) is 0. The van der Waals surface area contributed by atoms with Crippen molar-refractivity contribution in [3.8, 4) is 5.75 Å². The summed E-state index contributed by atoms with van der Waals surface area (Å²) in [4.78, 5) is 0.